The first kappa shape index (κ1) is 13.1. The quantitative estimate of drug-likeness (QED) is 0.649. The summed E-state index contributed by atoms with van der Waals surface area (Å²) in [5.74, 6) is 1.20. The monoisotopic (exact) mass is 288 g/mol. The molecular weight excluding hydrogens is 272 g/mol. The maximum Gasteiger partial charge on any atom is 0.0441 e. The molecule has 0 fully saturated rings. The molecule has 0 aliphatic heterocycles. The van der Waals surface area contributed by atoms with Crippen LogP contribution in [0.1, 0.15) is 38.2 Å². The third-order valence-corrected chi connectivity index (χ3v) is 3.94. The molecule has 0 bridgehead atoms. The van der Waals surface area contributed by atoms with Gasteiger partial charge in [-0.05, 0) is 23.5 Å². The average Bonchev–Trinajstić information content (AvgIpc) is 2.22. The smallest absolute Gasteiger partial charge is 0.0441 e. The third kappa shape index (κ3) is 3.49. The van der Waals surface area contributed by atoms with Crippen LogP contribution in [0.15, 0.2) is 24.3 Å². The molecule has 15 heavy (non-hydrogen) atoms. The normalized spacial score (nSPS) is 14.9. The van der Waals surface area contributed by atoms with E-state index in [9.17, 15) is 0 Å². The Kier molecular flexibility index (Phi) is 5.70. The molecule has 1 aromatic rings. The topological polar surface area (TPSA) is 0 Å². The number of benzene rings is 1. The Labute approximate surface area is 106 Å². The van der Waals surface area contributed by atoms with Crippen molar-refractivity contribution in [3.63, 3.8) is 0 Å². The summed E-state index contributed by atoms with van der Waals surface area (Å²) in [6.45, 7) is 4.53. The fourth-order valence-corrected chi connectivity index (χ4v) is 3.24. The first-order valence-electron chi connectivity index (χ1n) is 5.51. The number of rotatable bonds is 5. The third-order valence-electron chi connectivity index (χ3n) is 2.90. The largest absolute Gasteiger partial charge is 0.0921 e. The van der Waals surface area contributed by atoms with Crippen LogP contribution in [-0.2, 0) is 0 Å². The summed E-state index contributed by atoms with van der Waals surface area (Å²) < 4.78 is 0. The molecule has 0 radical (unpaired) electrons. The molecule has 84 valence electrons. The molecule has 2 atom stereocenters. The van der Waals surface area contributed by atoms with Crippen molar-refractivity contribution in [2.75, 3.05) is 5.33 Å². The fourth-order valence-electron chi connectivity index (χ4n) is 1.97. The number of halogens is 2. The van der Waals surface area contributed by atoms with Crippen molar-refractivity contribution in [1.82, 2.24) is 0 Å². The fraction of sp³-hybridized carbons (Fsp3) is 0.538. The Hall–Kier alpha value is -0.0100. The minimum Gasteiger partial charge on any atom is -0.0921 e. The van der Waals surface area contributed by atoms with E-state index in [0.29, 0.717) is 11.8 Å². The number of hydrogen-bond acceptors (Lipinski definition) is 0. The van der Waals surface area contributed by atoms with Gasteiger partial charge in [-0.2, -0.15) is 0 Å². The molecule has 0 spiro atoms. The molecule has 0 heterocycles. The summed E-state index contributed by atoms with van der Waals surface area (Å²) in [7, 11) is 0. The highest BCUT2D eigenvalue weighted by Gasteiger charge is 2.19. The minimum atomic E-state index is 0.527. The van der Waals surface area contributed by atoms with E-state index in [-0.39, 0.29) is 0 Å². The van der Waals surface area contributed by atoms with Crippen LogP contribution in [0.4, 0.5) is 0 Å². The van der Waals surface area contributed by atoms with Crippen LogP contribution in [0.2, 0.25) is 5.02 Å². The molecule has 0 N–H and O–H groups in total. The van der Waals surface area contributed by atoms with Crippen LogP contribution in [0.25, 0.3) is 0 Å². The molecule has 1 rings (SSSR count). The van der Waals surface area contributed by atoms with Gasteiger partial charge in [0.25, 0.3) is 0 Å². The van der Waals surface area contributed by atoms with Crippen molar-refractivity contribution in [2.24, 2.45) is 5.92 Å². The van der Waals surface area contributed by atoms with Crippen molar-refractivity contribution in [1.29, 1.82) is 0 Å². The Bertz CT molecular complexity index is 298. The second-order valence-corrected chi connectivity index (χ2v) is 5.10. The van der Waals surface area contributed by atoms with Crippen molar-refractivity contribution in [3.05, 3.63) is 34.9 Å². The van der Waals surface area contributed by atoms with Gasteiger partial charge in [0.05, 0.1) is 0 Å². The minimum absolute atomic E-state index is 0.527. The van der Waals surface area contributed by atoms with E-state index in [4.69, 9.17) is 11.6 Å². The molecule has 2 unspecified atom stereocenters. The van der Waals surface area contributed by atoms with Gasteiger partial charge < -0.3 is 0 Å². The summed E-state index contributed by atoms with van der Waals surface area (Å²) in [4.78, 5) is 0. The first-order valence-corrected chi connectivity index (χ1v) is 7.01. The van der Waals surface area contributed by atoms with Crippen LogP contribution in [0.5, 0.6) is 0 Å². The van der Waals surface area contributed by atoms with Gasteiger partial charge in [0.2, 0.25) is 0 Å². The number of hydrogen-bond donors (Lipinski definition) is 0. The average molecular weight is 290 g/mol. The molecule has 0 nitrogen and oxygen atoms in total. The highest BCUT2D eigenvalue weighted by molar-refractivity contribution is 9.09. The molecule has 0 aliphatic rings. The lowest BCUT2D eigenvalue weighted by Crippen LogP contribution is -2.11. The Morgan fingerprint density at radius 1 is 1.33 bits per heavy atom. The van der Waals surface area contributed by atoms with Crippen LogP contribution in [-0.4, -0.2) is 5.33 Å². The van der Waals surface area contributed by atoms with Crippen molar-refractivity contribution < 1.29 is 0 Å². The Morgan fingerprint density at radius 3 is 2.53 bits per heavy atom. The van der Waals surface area contributed by atoms with Gasteiger partial charge in [-0.15, -0.1) is 0 Å². The predicted octanol–water partition coefficient (Wildman–Crippen LogP) is 5.25. The van der Waals surface area contributed by atoms with Crippen LogP contribution in [0.3, 0.4) is 0 Å². The molecule has 2 heteroatoms. The van der Waals surface area contributed by atoms with Crippen LogP contribution >= 0.6 is 27.5 Å². The zero-order chi connectivity index (χ0) is 11.3. The van der Waals surface area contributed by atoms with Crippen LogP contribution < -0.4 is 0 Å². The number of alkyl halides is 1. The van der Waals surface area contributed by atoms with Gasteiger partial charge >= 0.3 is 0 Å². The van der Waals surface area contributed by atoms with E-state index >= 15 is 0 Å². The molecule has 0 saturated carbocycles. The van der Waals surface area contributed by atoms with Gasteiger partial charge in [-0.1, -0.05) is 72.4 Å². The Morgan fingerprint density at radius 2 is 2.00 bits per heavy atom. The van der Waals surface area contributed by atoms with E-state index in [2.05, 4.69) is 41.9 Å². The molecular formula is C13H18BrCl. The SMILES string of the molecule is CCCC(C)C(CBr)c1ccccc1Cl. The van der Waals surface area contributed by atoms with Gasteiger partial charge in [0.15, 0.2) is 0 Å². The maximum absolute atomic E-state index is 6.22. The predicted molar refractivity (Wildman–Crippen MR) is 72.1 cm³/mol. The molecule has 0 amide bonds. The van der Waals surface area contributed by atoms with Crippen molar-refractivity contribution in [3.8, 4) is 0 Å². The lowest BCUT2D eigenvalue weighted by Gasteiger charge is -2.23. The molecule has 0 aromatic heterocycles. The van der Waals surface area contributed by atoms with Crippen LogP contribution in [0, 0.1) is 5.92 Å². The van der Waals surface area contributed by atoms with E-state index < -0.39 is 0 Å². The lowest BCUT2D eigenvalue weighted by molar-refractivity contribution is 0.454. The van der Waals surface area contributed by atoms with E-state index in [1.165, 1.54) is 18.4 Å². The highest BCUT2D eigenvalue weighted by Crippen LogP contribution is 2.33. The van der Waals surface area contributed by atoms with E-state index in [1.54, 1.807) is 0 Å². The first-order chi connectivity index (χ1) is 7.20. The van der Waals surface area contributed by atoms with E-state index in [1.807, 2.05) is 12.1 Å². The zero-order valence-electron chi connectivity index (χ0n) is 9.34. The summed E-state index contributed by atoms with van der Waals surface area (Å²) in [6.07, 6.45) is 2.48. The summed E-state index contributed by atoms with van der Waals surface area (Å²) in [5, 5.41) is 1.88. The van der Waals surface area contributed by atoms with Gasteiger partial charge in [0.1, 0.15) is 0 Å². The highest BCUT2D eigenvalue weighted by atomic mass is 79.9. The van der Waals surface area contributed by atoms with Gasteiger partial charge in [-0.3, -0.25) is 0 Å². The van der Waals surface area contributed by atoms with Gasteiger partial charge in [0, 0.05) is 10.4 Å². The Balaban J connectivity index is 2.87. The van der Waals surface area contributed by atoms with E-state index in [0.717, 1.165) is 10.4 Å². The zero-order valence-corrected chi connectivity index (χ0v) is 11.7. The maximum atomic E-state index is 6.22. The van der Waals surface area contributed by atoms with Gasteiger partial charge in [-0.25, -0.2) is 0 Å². The van der Waals surface area contributed by atoms with Crippen molar-refractivity contribution >= 4 is 27.5 Å². The second-order valence-electron chi connectivity index (χ2n) is 4.05. The second kappa shape index (κ2) is 6.55. The summed E-state index contributed by atoms with van der Waals surface area (Å²) in [5.41, 5.74) is 1.27. The standard InChI is InChI=1S/C13H18BrCl/c1-3-6-10(2)12(9-14)11-7-4-5-8-13(11)15/h4-5,7-8,10,12H,3,6,9H2,1-2H3. The summed E-state index contributed by atoms with van der Waals surface area (Å²) in [6, 6.07) is 8.17. The van der Waals surface area contributed by atoms with Crippen molar-refractivity contribution in [2.45, 2.75) is 32.6 Å². The summed E-state index contributed by atoms with van der Waals surface area (Å²) >= 11 is 9.82. The molecule has 0 saturated heterocycles. The lowest BCUT2D eigenvalue weighted by atomic mass is 9.86. The molecule has 1 aromatic carbocycles. The molecule has 0 aliphatic carbocycles.